The molecule has 8 heteroatoms. The predicted octanol–water partition coefficient (Wildman–Crippen LogP) is 1.80. The second kappa shape index (κ2) is 6.19. The minimum atomic E-state index is -0.0617. The second-order valence-corrected chi connectivity index (χ2v) is 6.45. The van der Waals surface area contributed by atoms with Gasteiger partial charge in [0.1, 0.15) is 12.1 Å². The molecule has 0 unspecified atom stereocenters. The quantitative estimate of drug-likeness (QED) is 0.723. The predicted molar refractivity (Wildman–Crippen MR) is 91.7 cm³/mol. The normalized spacial score (nSPS) is 15.3. The van der Waals surface area contributed by atoms with Crippen LogP contribution in [0.1, 0.15) is 36.0 Å². The summed E-state index contributed by atoms with van der Waals surface area (Å²) >= 11 is 0. The molecule has 4 heterocycles. The molecular weight excluding hydrogens is 320 g/mol. The molecule has 3 aromatic heterocycles. The van der Waals surface area contributed by atoms with E-state index in [-0.39, 0.29) is 5.91 Å². The Balaban J connectivity index is 1.53. The van der Waals surface area contributed by atoms with Crippen LogP contribution < -0.4 is 4.90 Å². The first-order chi connectivity index (χ1) is 12.1. The van der Waals surface area contributed by atoms with E-state index in [2.05, 4.69) is 40.0 Å². The van der Waals surface area contributed by atoms with Crippen LogP contribution in [-0.4, -0.2) is 56.6 Å². The molecule has 8 nitrogen and oxygen atoms in total. The van der Waals surface area contributed by atoms with Crippen molar-refractivity contribution in [1.82, 2.24) is 24.5 Å². The summed E-state index contributed by atoms with van der Waals surface area (Å²) in [6.07, 6.45) is 3.22. The minimum Gasteiger partial charge on any atom is -0.459 e. The van der Waals surface area contributed by atoms with Gasteiger partial charge >= 0.3 is 0 Å². The molecule has 1 aliphatic heterocycles. The molecule has 1 saturated heterocycles. The van der Waals surface area contributed by atoms with Gasteiger partial charge in [-0.3, -0.25) is 9.20 Å². The topological polar surface area (TPSA) is 79.8 Å². The molecule has 1 fully saturated rings. The van der Waals surface area contributed by atoms with Crippen LogP contribution in [0.5, 0.6) is 0 Å². The number of rotatable bonds is 3. The van der Waals surface area contributed by atoms with Gasteiger partial charge in [0, 0.05) is 37.9 Å². The van der Waals surface area contributed by atoms with Crippen LogP contribution in [0.4, 0.5) is 5.82 Å². The number of furan rings is 1. The number of piperazine rings is 1. The van der Waals surface area contributed by atoms with Crippen molar-refractivity contribution in [3.05, 3.63) is 42.2 Å². The van der Waals surface area contributed by atoms with Gasteiger partial charge < -0.3 is 14.2 Å². The Labute approximate surface area is 145 Å². The second-order valence-electron chi connectivity index (χ2n) is 6.45. The fourth-order valence-corrected chi connectivity index (χ4v) is 3.13. The van der Waals surface area contributed by atoms with Gasteiger partial charge in [-0.25, -0.2) is 0 Å². The summed E-state index contributed by atoms with van der Waals surface area (Å²) in [6.45, 7) is 6.99. The minimum absolute atomic E-state index is 0.0617. The Kier molecular flexibility index (Phi) is 3.87. The van der Waals surface area contributed by atoms with Gasteiger partial charge in [0.15, 0.2) is 5.76 Å². The van der Waals surface area contributed by atoms with Crippen molar-refractivity contribution in [3.63, 3.8) is 0 Å². The molecule has 130 valence electrons. The van der Waals surface area contributed by atoms with Gasteiger partial charge in [-0.15, -0.1) is 10.2 Å². The number of nitrogens with zero attached hydrogens (tertiary/aromatic N) is 6. The molecule has 0 radical (unpaired) electrons. The fourth-order valence-electron chi connectivity index (χ4n) is 3.13. The zero-order valence-electron chi connectivity index (χ0n) is 14.3. The highest BCUT2D eigenvalue weighted by Gasteiger charge is 2.25. The van der Waals surface area contributed by atoms with E-state index in [1.54, 1.807) is 18.5 Å². The molecule has 0 saturated carbocycles. The van der Waals surface area contributed by atoms with E-state index in [1.807, 2.05) is 9.30 Å². The fraction of sp³-hybridized carbons (Fsp3) is 0.412. The first-order valence-corrected chi connectivity index (χ1v) is 8.42. The van der Waals surface area contributed by atoms with Gasteiger partial charge in [-0.05, 0) is 18.1 Å². The molecule has 1 aliphatic rings. The van der Waals surface area contributed by atoms with Crippen LogP contribution in [-0.2, 0) is 0 Å². The molecule has 0 aliphatic carbocycles. The van der Waals surface area contributed by atoms with Crippen LogP contribution in [0.3, 0.4) is 0 Å². The lowest BCUT2D eigenvalue weighted by molar-refractivity contribution is 0.0714. The van der Waals surface area contributed by atoms with Gasteiger partial charge in [0.2, 0.25) is 0 Å². The first-order valence-electron chi connectivity index (χ1n) is 8.42. The van der Waals surface area contributed by atoms with E-state index >= 15 is 0 Å². The van der Waals surface area contributed by atoms with Gasteiger partial charge in [0.05, 0.1) is 6.26 Å². The Morgan fingerprint density at radius 3 is 2.72 bits per heavy atom. The number of carbonyl (C=O) groups excluding carboxylic acids is 1. The monoisotopic (exact) mass is 340 g/mol. The Bertz CT molecular complexity index is 878. The maximum Gasteiger partial charge on any atom is 0.289 e. The average Bonchev–Trinajstić information content (AvgIpc) is 3.31. The number of hydrogen-bond donors (Lipinski definition) is 0. The number of fused-ring (bicyclic) bond motifs is 1. The van der Waals surface area contributed by atoms with Crippen LogP contribution in [0.2, 0.25) is 0 Å². The molecule has 4 rings (SSSR count). The summed E-state index contributed by atoms with van der Waals surface area (Å²) in [5.41, 5.74) is 1.12. The molecule has 0 spiro atoms. The summed E-state index contributed by atoms with van der Waals surface area (Å²) in [7, 11) is 0. The van der Waals surface area contributed by atoms with Crippen molar-refractivity contribution >= 4 is 17.5 Å². The van der Waals surface area contributed by atoms with E-state index < -0.39 is 0 Å². The highest BCUT2D eigenvalue weighted by Crippen LogP contribution is 2.22. The summed E-state index contributed by atoms with van der Waals surface area (Å²) in [5, 5.41) is 8.06. The third kappa shape index (κ3) is 2.84. The number of aromatic nitrogens is 4. The van der Waals surface area contributed by atoms with Crippen molar-refractivity contribution in [3.8, 4) is 0 Å². The van der Waals surface area contributed by atoms with Crippen molar-refractivity contribution in [1.29, 1.82) is 0 Å². The highest BCUT2D eigenvalue weighted by molar-refractivity contribution is 5.91. The smallest absolute Gasteiger partial charge is 0.289 e. The van der Waals surface area contributed by atoms with E-state index in [0.717, 1.165) is 24.6 Å². The van der Waals surface area contributed by atoms with Crippen molar-refractivity contribution in [2.75, 3.05) is 31.1 Å². The maximum absolute atomic E-state index is 12.4. The molecule has 0 atom stereocenters. The lowest BCUT2D eigenvalue weighted by atomic mass is 10.1. The molecule has 0 N–H and O–H groups in total. The van der Waals surface area contributed by atoms with Crippen molar-refractivity contribution < 1.29 is 9.21 Å². The summed E-state index contributed by atoms with van der Waals surface area (Å²) < 4.78 is 7.13. The van der Waals surface area contributed by atoms with Crippen LogP contribution in [0.15, 0.2) is 35.2 Å². The Morgan fingerprint density at radius 2 is 2.04 bits per heavy atom. The molecule has 3 aromatic rings. The first kappa shape index (κ1) is 15.6. The standard InChI is InChI=1S/C17H20N6O2/c1-12(2)13-10-15(19-17-20-18-11-23(13)17)21-5-7-22(8-6-21)16(24)14-4-3-9-25-14/h3-4,9-12H,5-8H2,1-2H3. The van der Waals surface area contributed by atoms with E-state index in [1.165, 1.54) is 6.26 Å². The van der Waals surface area contributed by atoms with Crippen molar-refractivity contribution in [2.45, 2.75) is 19.8 Å². The highest BCUT2D eigenvalue weighted by atomic mass is 16.3. The van der Waals surface area contributed by atoms with Gasteiger partial charge in [0.25, 0.3) is 11.7 Å². The number of carbonyl (C=O) groups is 1. The van der Waals surface area contributed by atoms with Gasteiger partial charge in [-0.2, -0.15) is 4.98 Å². The lowest BCUT2D eigenvalue weighted by Crippen LogP contribution is -2.49. The summed E-state index contributed by atoms with van der Waals surface area (Å²) in [5.74, 6) is 2.15. The van der Waals surface area contributed by atoms with E-state index in [9.17, 15) is 4.79 Å². The largest absolute Gasteiger partial charge is 0.459 e. The van der Waals surface area contributed by atoms with Crippen molar-refractivity contribution in [2.24, 2.45) is 0 Å². The molecule has 0 aromatic carbocycles. The third-order valence-corrected chi connectivity index (χ3v) is 4.51. The third-order valence-electron chi connectivity index (χ3n) is 4.51. The molecule has 25 heavy (non-hydrogen) atoms. The van der Waals surface area contributed by atoms with Crippen LogP contribution in [0.25, 0.3) is 5.78 Å². The zero-order chi connectivity index (χ0) is 17.4. The lowest BCUT2D eigenvalue weighted by Gasteiger charge is -2.35. The Hall–Kier alpha value is -2.90. The number of anilines is 1. The van der Waals surface area contributed by atoms with Gasteiger partial charge in [-0.1, -0.05) is 13.8 Å². The average molecular weight is 340 g/mol. The summed E-state index contributed by atoms with van der Waals surface area (Å²) in [4.78, 5) is 21.0. The summed E-state index contributed by atoms with van der Waals surface area (Å²) in [6, 6.07) is 5.52. The van der Waals surface area contributed by atoms with E-state index in [0.29, 0.717) is 30.5 Å². The molecule has 0 bridgehead atoms. The molecule has 1 amide bonds. The SMILES string of the molecule is CC(C)c1cc(N2CCN(C(=O)c3ccco3)CC2)nc2nncn12. The number of amides is 1. The number of hydrogen-bond acceptors (Lipinski definition) is 6. The molecular formula is C17H20N6O2. The van der Waals surface area contributed by atoms with Crippen LogP contribution in [0, 0.1) is 0 Å². The van der Waals surface area contributed by atoms with E-state index in [4.69, 9.17) is 4.42 Å². The Morgan fingerprint density at radius 1 is 1.24 bits per heavy atom. The maximum atomic E-state index is 12.4. The zero-order valence-corrected chi connectivity index (χ0v) is 14.3. The van der Waals surface area contributed by atoms with Crippen LogP contribution >= 0.6 is 0 Å².